The van der Waals surface area contributed by atoms with Gasteiger partial charge in [-0.05, 0) is 44.0 Å². The molecule has 1 N–H and O–H groups in total. The average molecular weight is 552 g/mol. The quantitative estimate of drug-likeness (QED) is 0.378. The van der Waals surface area contributed by atoms with Crippen LogP contribution < -0.4 is 10.2 Å². The second-order valence-electron chi connectivity index (χ2n) is 9.37. The van der Waals surface area contributed by atoms with E-state index >= 15 is 0 Å². The maximum absolute atomic E-state index is 13.2. The lowest BCUT2D eigenvalue weighted by atomic mass is 10.0. The molecule has 3 aromatic rings. The van der Waals surface area contributed by atoms with Crippen molar-refractivity contribution in [2.24, 2.45) is 0 Å². The number of rotatable bonds is 4. The van der Waals surface area contributed by atoms with Gasteiger partial charge in [0, 0.05) is 49.5 Å². The van der Waals surface area contributed by atoms with Crippen molar-refractivity contribution in [2.75, 3.05) is 36.4 Å². The van der Waals surface area contributed by atoms with Crippen LogP contribution in [0.2, 0.25) is 0 Å². The molecule has 0 unspecified atom stereocenters. The van der Waals surface area contributed by atoms with Crippen LogP contribution in [0.3, 0.4) is 0 Å². The molecule has 0 atom stereocenters. The van der Waals surface area contributed by atoms with E-state index in [2.05, 4.69) is 15.3 Å². The summed E-state index contributed by atoms with van der Waals surface area (Å²) in [5, 5.41) is 2.22. The summed E-state index contributed by atoms with van der Waals surface area (Å²) in [7, 11) is 0. The van der Waals surface area contributed by atoms with Gasteiger partial charge in [-0.15, -0.1) is 0 Å². The lowest BCUT2D eigenvalue weighted by Crippen LogP contribution is -2.38. The van der Waals surface area contributed by atoms with Crippen LogP contribution in [0.4, 0.5) is 42.6 Å². The number of anilines is 2. The maximum atomic E-state index is 13.2. The first-order valence-corrected chi connectivity index (χ1v) is 12.3. The second kappa shape index (κ2) is 11.1. The van der Waals surface area contributed by atoms with E-state index in [9.17, 15) is 31.1 Å². The summed E-state index contributed by atoms with van der Waals surface area (Å²) in [6, 6.07) is 10.1. The molecule has 12 heteroatoms. The van der Waals surface area contributed by atoms with Gasteiger partial charge in [-0.1, -0.05) is 30.3 Å². The Balaban J connectivity index is 1.52. The van der Waals surface area contributed by atoms with E-state index in [0.717, 1.165) is 22.6 Å². The molecule has 4 rings (SSSR count). The third-order valence-electron chi connectivity index (χ3n) is 6.45. The number of urea groups is 1. The molecule has 0 spiro atoms. The molecular formula is C27H27F6N5O. The maximum Gasteiger partial charge on any atom is 0.416 e. The lowest BCUT2D eigenvalue weighted by Gasteiger charge is -2.26. The number of hydrogen-bond acceptors (Lipinski definition) is 4. The highest BCUT2D eigenvalue weighted by Crippen LogP contribution is 2.37. The molecule has 2 aromatic carbocycles. The van der Waals surface area contributed by atoms with Crippen LogP contribution in [0.5, 0.6) is 0 Å². The Kier molecular flexibility index (Phi) is 8.03. The van der Waals surface area contributed by atoms with Crippen molar-refractivity contribution in [3.05, 3.63) is 82.3 Å². The van der Waals surface area contributed by atoms with Gasteiger partial charge >= 0.3 is 18.4 Å². The monoisotopic (exact) mass is 551 g/mol. The van der Waals surface area contributed by atoms with Crippen LogP contribution in [0.15, 0.2) is 48.5 Å². The third-order valence-corrected chi connectivity index (χ3v) is 6.45. The Hall–Kier alpha value is -3.83. The van der Waals surface area contributed by atoms with E-state index in [1.54, 1.807) is 6.92 Å². The first-order valence-electron chi connectivity index (χ1n) is 12.3. The molecule has 208 valence electrons. The number of aromatic nitrogens is 2. The summed E-state index contributed by atoms with van der Waals surface area (Å²) >= 11 is 0. The van der Waals surface area contributed by atoms with Crippen LogP contribution in [-0.2, 0) is 18.8 Å². The zero-order chi connectivity index (χ0) is 28.4. The van der Waals surface area contributed by atoms with Gasteiger partial charge in [0.1, 0.15) is 11.6 Å². The van der Waals surface area contributed by atoms with Crippen molar-refractivity contribution >= 4 is 17.5 Å². The van der Waals surface area contributed by atoms with E-state index in [0.29, 0.717) is 43.9 Å². The summed E-state index contributed by atoms with van der Waals surface area (Å²) in [6.07, 6.45) is -8.87. The first kappa shape index (κ1) is 28.2. The summed E-state index contributed by atoms with van der Waals surface area (Å²) in [5.41, 5.74) is -0.677. The summed E-state index contributed by atoms with van der Waals surface area (Å²) in [5.74, 6) is 1.35. The zero-order valence-electron chi connectivity index (χ0n) is 21.3. The predicted molar refractivity (Wildman–Crippen MR) is 135 cm³/mol. The number of carbonyl (C=O) groups is 1. The Labute approximate surface area is 221 Å². The van der Waals surface area contributed by atoms with Gasteiger partial charge in [0.2, 0.25) is 0 Å². The van der Waals surface area contributed by atoms with E-state index in [1.165, 1.54) is 4.90 Å². The van der Waals surface area contributed by atoms with Gasteiger partial charge in [0.25, 0.3) is 0 Å². The minimum absolute atomic E-state index is 0.0260. The number of amides is 2. The summed E-state index contributed by atoms with van der Waals surface area (Å²) in [4.78, 5) is 25.5. The minimum atomic E-state index is -5.00. The fraction of sp³-hybridized carbons (Fsp3) is 0.370. The standard InChI is InChI=1S/C27H27F6N5O/c1-17-23(13-19-7-4-3-5-8-19)24(35-18(2)34-17)37-9-6-10-38(12-11-37)25(39)36-22-15-20(26(28,29)30)14-21(16-22)27(31,32)33/h3-5,7-8,14-16H,6,9-13H2,1-2H3,(H,36,39). The van der Waals surface area contributed by atoms with Gasteiger partial charge in [-0.25, -0.2) is 14.8 Å². The molecule has 0 bridgehead atoms. The summed E-state index contributed by atoms with van der Waals surface area (Å²) < 4.78 is 79.2. The topological polar surface area (TPSA) is 61.4 Å². The van der Waals surface area contributed by atoms with Gasteiger partial charge < -0.3 is 15.1 Å². The van der Waals surface area contributed by atoms with E-state index in [1.807, 2.05) is 42.2 Å². The molecular weight excluding hydrogens is 524 g/mol. The van der Waals surface area contributed by atoms with Crippen LogP contribution in [-0.4, -0.2) is 47.1 Å². The van der Waals surface area contributed by atoms with Gasteiger partial charge in [0.15, 0.2) is 0 Å². The largest absolute Gasteiger partial charge is 0.416 e. The molecule has 0 saturated carbocycles. The number of benzene rings is 2. The molecule has 1 aliphatic rings. The third kappa shape index (κ3) is 6.98. The number of nitrogens with one attached hydrogen (secondary N) is 1. The van der Waals surface area contributed by atoms with Gasteiger partial charge in [-0.3, -0.25) is 0 Å². The van der Waals surface area contributed by atoms with Gasteiger partial charge in [0.05, 0.1) is 11.1 Å². The Morgan fingerprint density at radius 2 is 1.51 bits per heavy atom. The van der Waals surface area contributed by atoms with E-state index in [4.69, 9.17) is 0 Å². The molecule has 1 aliphatic heterocycles. The molecule has 39 heavy (non-hydrogen) atoms. The van der Waals surface area contributed by atoms with Gasteiger partial charge in [-0.2, -0.15) is 26.3 Å². The molecule has 1 saturated heterocycles. The SMILES string of the molecule is Cc1nc(C)c(Cc2ccccc2)c(N2CCCN(C(=O)Nc3cc(C(F)(F)F)cc(C(F)(F)F)c3)CC2)n1. The highest BCUT2D eigenvalue weighted by atomic mass is 19.4. The second-order valence-corrected chi connectivity index (χ2v) is 9.37. The first-order chi connectivity index (χ1) is 18.3. The molecule has 1 fully saturated rings. The number of aryl methyl sites for hydroxylation is 2. The molecule has 2 amide bonds. The van der Waals surface area contributed by atoms with Crippen LogP contribution in [0.25, 0.3) is 0 Å². The summed E-state index contributed by atoms with van der Waals surface area (Å²) in [6.45, 7) is 5.11. The molecule has 1 aromatic heterocycles. The normalized spacial score (nSPS) is 14.8. The number of alkyl halides is 6. The van der Waals surface area contributed by atoms with Crippen molar-refractivity contribution in [1.82, 2.24) is 14.9 Å². The molecule has 0 aliphatic carbocycles. The van der Waals surface area contributed by atoms with E-state index in [-0.39, 0.29) is 19.2 Å². The lowest BCUT2D eigenvalue weighted by molar-refractivity contribution is -0.143. The van der Waals surface area contributed by atoms with Crippen LogP contribution >= 0.6 is 0 Å². The Morgan fingerprint density at radius 3 is 2.13 bits per heavy atom. The fourth-order valence-corrected chi connectivity index (χ4v) is 4.55. The number of nitrogens with zero attached hydrogens (tertiary/aromatic N) is 4. The fourth-order valence-electron chi connectivity index (χ4n) is 4.55. The zero-order valence-corrected chi connectivity index (χ0v) is 21.3. The Morgan fingerprint density at radius 1 is 0.872 bits per heavy atom. The number of hydrogen-bond donors (Lipinski definition) is 1. The van der Waals surface area contributed by atoms with Crippen molar-refractivity contribution in [1.29, 1.82) is 0 Å². The van der Waals surface area contributed by atoms with Crippen molar-refractivity contribution < 1.29 is 31.1 Å². The average Bonchev–Trinajstić information content (AvgIpc) is 3.11. The number of halogens is 6. The van der Waals surface area contributed by atoms with E-state index < -0.39 is 35.2 Å². The molecule has 0 radical (unpaired) electrons. The number of carbonyl (C=O) groups excluding carboxylic acids is 1. The molecule has 6 nitrogen and oxygen atoms in total. The smallest absolute Gasteiger partial charge is 0.354 e. The minimum Gasteiger partial charge on any atom is -0.354 e. The van der Waals surface area contributed by atoms with Crippen molar-refractivity contribution in [2.45, 2.75) is 39.0 Å². The highest BCUT2D eigenvalue weighted by molar-refractivity contribution is 5.89. The molecule has 2 heterocycles. The predicted octanol–water partition coefficient (Wildman–Crippen LogP) is 6.47. The van der Waals surface area contributed by atoms with Crippen molar-refractivity contribution in [3.8, 4) is 0 Å². The van der Waals surface area contributed by atoms with Crippen LogP contribution in [0.1, 0.15) is 40.2 Å². The van der Waals surface area contributed by atoms with Crippen molar-refractivity contribution in [3.63, 3.8) is 0 Å². The Bertz CT molecular complexity index is 1290. The highest BCUT2D eigenvalue weighted by Gasteiger charge is 2.37. The van der Waals surface area contributed by atoms with Crippen LogP contribution in [0, 0.1) is 13.8 Å².